The van der Waals surface area contributed by atoms with Gasteiger partial charge in [-0.3, -0.25) is 19.5 Å². The Morgan fingerprint density at radius 3 is 2.16 bits per heavy atom. The lowest BCUT2D eigenvalue weighted by Gasteiger charge is -2.21. The fourth-order valence-electron chi connectivity index (χ4n) is 1.07. The van der Waals surface area contributed by atoms with Gasteiger partial charge in [-0.25, -0.2) is 4.18 Å². The zero-order valence-corrected chi connectivity index (χ0v) is 10.7. The van der Waals surface area contributed by atoms with Crippen LogP contribution in [0.5, 0.6) is 0 Å². The number of rotatable bonds is 7. The molecule has 0 saturated heterocycles. The summed E-state index contributed by atoms with van der Waals surface area (Å²) in [5, 5.41) is 29.8. The lowest BCUT2D eigenvalue weighted by Crippen LogP contribution is -2.43. The number of imide groups is 1. The number of hydrogen-bond acceptors (Lipinski definition) is 8. The summed E-state index contributed by atoms with van der Waals surface area (Å²) in [6.07, 6.45) is -6.20. The van der Waals surface area contributed by atoms with Crippen molar-refractivity contribution in [1.29, 1.82) is 0 Å². The lowest BCUT2D eigenvalue weighted by molar-refractivity contribution is -0.133. The summed E-state index contributed by atoms with van der Waals surface area (Å²) in [5.41, 5.74) is 0. The van der Waals surface area contributed by atoms with Crippen molar-refractivity contribution in [2.75, 3.05) is 6.61 Å². The molecule has 0 aliphatic rings. The maximum absolute atomic E-state index is 11.1. The Bertz CT molecular complexity index is 420. The summed E-state index contributed by atoms with van der Waals surface area (Å²) in [4.78, 5) is 21.6. The zero-order valence-electron chi connectivity index (χ0n) is 9.88. The fraction of sp³-hybridized carbons (Fsp3) is 0.750. The van der Waals surface area contributed by atoms with Crippen molar-refractivity contribution in [2.45, 2.75) is 31.7 Å². The Hall–Kier alpha value is -1.11. The quantitative estimate of drug-likeness (QED) is 0.306. The van der Waals surface area contributed by atoms with Crippen molar-refractivity contribution in [1.82, 2.24) is 5.32 Å². The van der Waals surface area contributed by atoms with Gasteiger partial charge in [0.05, 0.1) is 19.1 Å². The molecular weight excluding hydrogens is 286 g/mol. The van der Waals surface area contributed by atoms with Gasteiger partial charge in [-0.1, -0.05) is 0 Å². The molecule has 0 saturated carbocycles. The Balaban J connectivity index is 4.27. The molecule has 0 unspecified atom stereocenters. The van der Waals surface area contributed by atoms with Gasteiger partial charge < -0.3 is 15.3 Å². The molecule has 0 aliphatic heterocycles. The first-order chi connectivity index (χ1) is 8.53. The minimum Gasteiger partial charge on any atom is -0.390 e. The number of nitrogens with one attached hydrogen (secondary N) is 1. The molecule has 0 aliphatic carbocycles. The first kappa shape index (κ1) is 17.9. The zero-order chi connectivity index (χ0) is 15.2. The van der Waals surface area contributed by atoms with Gasteiger partial charge in [-0.2, -0.15) is 8.42 Å². The highest BCUT2D eigenvalue weighted by Crippen LogP contribution is 2.06. The van der Waals surface area contributed by atoms with E-state index in [9.17, 15) is 33.3 Å². The molecule has 0 spiro atoms. The molecule has 3 atom stereocenters. The van der Waals surface area contributed by atoms with Crippen molar-refractivity contribution in [3.8, 4) is 0 Å². The Kier molecular flexibility index (Phi) is 7.04. The van der Waals surface area contributed by atoms with Crippen LogP contribution < -0.4 is 5.32 Å². The van der Waals surface area contributed by atoms with Crippen LogP contribution in [0.4, 0.5) is 0 Å². The minimum absolute atomic E-state index is 0.665. The second-order valence-electron chi connectivity index (χ2n) is 3.65. The molecule has 0 rings (SSSR count). The fourth-order valence-corrected chi connectivity index (χ4v) is 1.38. The predicted octanol–water partition coefficient (Wildman–Crippen LogP) is -3.06. The number of aliphatic hydroxyl groups excluding tert-OH is 3. The number of carbonyl (C=O) groups excluding carboxylic acids is 2. The molecule has 112 valence electrons. The van der Waals surface area contributed by atoms with E-state index >= 15 is 0 Å². The highest BCUT2D eigenvalue weighted by Gasteiger charge is 2.28. The van der Waals surface area contributed by atoms with Crippen molar-refractivity contribution in [2.24, 2.45) is 0 Å². The van der Waals surface area contributed by atoms with Crippen LogP contribution in [0.2, 0.25) is 0 Å². The second-order valence-corrected chi connectivity index (χ2v) is 4.74. The normalized spacial score (nSPS) is 16.5. The topological polar surface area (TPSA) is 170 Å². The van der Waals surface area contributed by atoms with Crippen LogP contribution >= 0.6 is 0 Å². The van der Waals surface area contributed by atoms with Crippen LogP contribution in [0.15, 0.2) is 0 Å². The maximum Gasteiger partial charge on any atom is 0.397 e. The number of amides is 2. The minimum atomic E-state index is -4.79. The van der Waals surface area contributed by atoms with Crippen molar-refractivity contribution >= 4 is 22.2 Å². The summed E-state index contributed by atoms with van der Waals surface area (Å²) in [5.74, 6) is -1.55. The van der Waals surface area contributed by atoms with E-state index in [0.717, 1.165) is 6.92 Å². The molecule has 11 heteroatoms. The number of hydrogen-bond donors (Lipinski definition) is 5. The summed E-state index contributed by atoms with van der Waals surface area (Å²) >= 11 is 0. The number of aliphatic hydroxyl groups is 3. The Labute approximate surface area is 109 Å². The molecular formula is C8H15NO9S. The molecule has 0 radical (unpaired) electrons. The summed E-state index contributed by atoms with van der Waals surface area (Å²) < 4.78 is 32.4. The standard InChI is InChI=1S/C8H15NO9S/c1-4(10)9-7(13)2-5(11)8(14)6(12)3-18-19(15,16)17/h5-6,8,11-12,14H,2-3H2,1H3,(H,9,10,13)(H,15,16,17)/t5-,6-,8+/m1/s1. The molecule has 0 bridgehead atoms. The summed E-state index contributed by atoms with van der Waals surface area (Å²) in [6.45, 7) is 0.0564. The number of carbonyl (C=O) groups is 2. The molecule has 0 aromatic heterocycles. The molecule has 0 aromatic carbocycles. The third kappa shape index (κ3) is 8.58. The molecule has 10 nitrogen and oxygen atoms in total. The van der Waals surface area contributed by atoms with Gasteiger partial charge >= 0.3 is 10.4 Å². The summed E-state index contributed by atoms with van der Waals surface area (Å²) in [6, 6.07) is 0. The van der Waals surface area contributed by atoms with Crippen molar-refractivity contribution in [3.05, 3.63) is 0 Å². The van der Waals surface area contributed by atoms with Gasteiger partial charge in [0.1, 0.15) is 12.2 Å². The van der Waals surface area contributed by atoms with Crippen LogP contribution in [-0.2, 0) is 24.2 Å². The molecule has 5 N–H and O–H groups in total. The predicted molar refractivity (Wildman–Crippen MR) is 59.0 cm³/mol. The van der Waals surface area contributed by atoms with E-state index in [1.165, 1.54) is 0 Å². The van der Waals surface area contributed by atoms with E-state index < -0.39 is 53.6 Å². The third-order valence-electron chi connectivity index (χ3n) is 1.89. The molecule has 0 fully saturated rings. The maximum atomic E-state index is 11.1. The van der Waals surface area contributed by atoms with Gasteiger partial charge in [0, 0.05) is 6.92 Å². The Morgan fingerprint density at radius 2 is 1.74 bits per heavy atom. The SMILES string of the molecule is CC(=O)NC(=O)C[C@@H](O)[C@H](O)[C@H](O)COS(=O)(=O)O. The Morgan fingerprint density at radius 1 is 1.21 bits per heavy atom. The monoisotopic (exact) mass is 301 g/mol. The average Bonchev–Trinajstić information content (AvgIpc) is 2.22. The average molecular weight is 301 g/mol. The van der Waals surface area contributed by atoms with Crippen LogP contribution in [0.25, 0.3) is 0 Å². The second kappa shape index (κ2) is 7.47. The van der Waals surface area contributed by atoms with Gasteiger partial charge in [-0.15, -0.1) is 0 Å². The molecule has 0 heterocycles. The van der Waals surface area contributed by atoms with Gasteiger partial charge in [-0.05, 0) is 0 Å². The van der Waals surface area contributed by atoms with Crippen molar-refractivity contribution < 1.29 is 42.1 Å². The molecule has 2 amide bonds. The van der Waals surface area contributed by atoms with Crippen LogP contribution in [0.1, 0.15) is 13.3 Å². The van der Waals surface area contributed by atoms with E-state index in [1.54, 1.807) is 0 Å². The first-order valence-corrected chi connectivity index (χ1v) is 6.36. The lowest BCUT2D eigenvalue weighted by atomic mass is 10.1. The smallest absolute Gasteiger partial charge is 0.390 e. The van der Waals surface area contributed by atoms with E-state index in [1.807, 2.05) is 5.32 Å². The van der Waals surface area contributed by atoms with Crippen LogP contribution in [0.3, 0.4) is 0 Å². The van der Waals surface area contributed by atoms with Gasteiger partial charge in [0.15, 0.2) is 0 Å². The van der Waals surface area contributed by atoms with E-state index in [4.69, 9.17) is 4.55 Å². The largest absolute Gasteiger partial charge is 0.397 e. The first-order valence-electron chi connectivity index (χ1n) is 4.99. The highest BCUT2D eigenvalue weighted by molar-refractivity contribution is 7.80. The van der Waals surface area contributed by atoms with E-state index in [0.29, 0.717) is 0 Å². The van der Waals surface area contributed by atoms with Gasteiger partial charge in [0.25, 0.3) is 0 Å². The molecule has 19 heavy (non-hydrogen) atoms. The van der Waals surface area contributed by atoms with Gasteiger partial charge in [0.2, 0.25) is 11.8 Å². The molecule has 0 aromatic rings. The van der Waals surface area contributed by atoms with E-state index in [-0.39, 0.29) is 0 Å². The van der Waals surface area contributed by atoms with Crippen LogP contribution in [0, 0.1) is 0 Å². The van der Waals surface area contributed by atoms with Crippen molar-refractivity contribution in [3.63, 3.8) is 0 Å². The van der Waals surface area contributed by atoms with E-state index in [2.05, 4.69) is 4.18 Å². The van der Waals surface area contributed by atoms with Crippen LogP contribution in [-0.4, -0.2) is 65.0 Å². The highest BCUT2D eigenvalue weighted by atomic mass is 32.3. The third-order valence-corrected chi connectivity index (χ3v) is 2.32. The summed E-state index contributed by atoms with van der Waals surface area (Å²) in [7, 11) is -4.79.